The van der Waals surface area contributed by atoms with E-state index in [-0.39, 0.29) is 11.9 Å². The van der Waals surface area contributed by atoms with Crippen LogP contribution in [0.5, 0.6) is 0 Å². The summed E-state index contributed by atoms with van der Waals surface area (Å²) < 4.78 is 13.6. The standard InChI is InChI=1S/C13H12FN5/c14-7-2-1-3-8-12(7)19-13(18-8)10-4-9-11(5-15-10)17-6-16-9/h1-3,6,10,15H,4-5H2,(H,16,17)(H,18,19). The summed E-state index contributed by atoms with van der Waals surface area (Å²) in [6.07, 6.45) is 2.45. The minimum atomic E-state index is -0.295. The Bertz CT molecular complexity index is 744. The van der Waals surface area contributed by atoms with Gasteiger partial charge in [0.05, 0.1) is 29.3 Å². The molecule has 2 aromatic heterocycles. The number of hydrogen-bond donors (Lipinski definition) is 3. The molecule has 3 heterocycles. The predicted molar refractivity (Wildman–Crippen MR) is 67.9 cm³/mol. The van der Waals surface area contributed by atoms with Crippen molar-refractivity contribution in [3.05, 3.63) is 47.6 Å². The largest absolute Gasteiger partial charge is 0.347 e. The lowest BCUT2D eigenvalue weighted by Gasteiger charge is -2.20. The van der Waals surface area contributed by atoms with E-state index in [9.17, 15) is 4.39 Å². The fourth-order valence-corrected chi connectivity index (χ4v) is 2.54. The molecule has 0 fully saturated rings. The van der Waals surface area contributed by atoms with Crippen molar-refractivity contribution in [3.8, 4) is 0 Å². The molecule has 6 heteroatoms. The first-order valence-corrected chi connectivity index (χ1v) is 6.20. The summed E-state index contributed by atoms with van der Waals surface area (Å²) in [5.41, 5.74) is 3.28. The number of H-pyrrole nitrogens is 2. The number of nitrogens with zero attached hydrogens (tertiary/aromatic N) is 2. The highest BCUT2D eigenvalue weighted by Crippen LogP contribution is 2.24. The van der Waals surface area contributed by atoms with E-state index in [0.717, 1.165) is 35.7 Å². The highest BCUT2D eigenvalue weighted by Gasteiger charge is 2.24. The molecule has 0 amide bonds. The van der Waals surface area contributed by atoms with Gasteiger partial charge in [0, 0.05) is 13.0 Å². The van der Waals surface area contributed by atoms with Crippen LogP contribution in [0.4, 0.5) is 4.39 Å². The van der Waals surface area contributed by atoms with Crippen molar-refractivity contribution in [2.75, 3.05) is 0 Å². The monoisotopic (exact) mass is 257 g/mol. The van der Waals surface area contributed by atoms with Crippen molar-refractivity contribution in [3.63, 3.8) is 0 Å². The van der Waals surface area contributed by atoms with Crippen LogP contribution in [0.25, 0.3) is 11.0 Å². The van der Waals surface area contributed by atoms with E-state index in [1.54, 1.807) is 12.4 Å². The molecule has 0 saturated heterocycles. The van der Waals surface area contributed by atoms with E-state index in [0.29, 0.717) is 5.52 Å². The Hall–Kier alpha value is -2.21. The third-order valence-corrected chi connectivity index (χ3v) is 3.54. The molecule has 1 aliphatic heterocycles. The molecule has 4 rings (SSSR count). The van der Waals surface area contributed by atoms with E-state index in [1.165, 1.54) is 6.07 Å². The zero-order valence-electron chi connectivity index (χ0n) is 10.1. The van der Waals surface area contributed by atoms with Crippen LogP contribution in [-0.4, -0.2) is 19.9 Å². The van der Waals surface area contributed by atoms with Gasteiger partial charge in [-0.15, -0.1) is 0 Å². The normalized spacial score (nSPS) is 18.7. The molecule has 0 spiro atoms. The summed E-state index contributed by atoms with van der Waals surface area (Å²) in [6, 6.07) is 4.98. The van der Waals surface area contributed by atoms with Crippen LogP contribution in [0, 0.1) is 5.82 Å². The van der Waals surface area contributed by atoms with Gasteiger partial charge in [0.15, 0.2) is 5.82 Å². The Morgan fingerprint density at radius 1 is 1.32 bits per heavy atom. The summed E-state index contributed by atoms with van der Waals surface area (Å²) in [7, 11) is 0. The lowest BCUT2D eigenvalue weighted by atomic mass is 10.1. The summed E-state index contributed by atoms with van der Waals surface area (Å²) in [6.45, 7) is 0.722. The third-order valence-electron chi connectivity index (χ3n) is 3.54. The van der Waals surface area contributed by atoms with Gasteiger partial charge in [-0.2, -0.15) is 0 Å². The van der Waals surface area contributed by atoms with Crippen LogP contribution in [0.2, 0.25) is 0 Å². The molecular formula is C13H12FN5. The van der Waals surface area contributed by atoms with Crippen LogP contribution < -0.4 is 5.32 Å². The third kappa shape index (κ3) is 1.64. The minimum Gasteiger partial charge on any atom is -0.347 e. The van der Waals surface area contributed by atoms with Crippen molar-refractivity contribution >= 4 is 11.0 Å². The number of hydrogen-bond acceptors (Lipinski definition) is 3. The van der Waals surface area contributed by atoms with Crippen LogP contribution in [0.15, 0.2) is 24.5 Å². The second-order valence-corrected chi connectivity index (χ2v) is 4.72. The molecule has 0 saturated carbocycles. The van der Waals surface area contributed by atoms with Crippen LogP contribution in [0.3, 0.4) is 0 Å². The summed E-state index contributed by atoms with van der Waals surface area (Å²) >= 11 is 0. The van der Waals surface area contributed by atoms with Gasteiger partial charge in [-0.3, -0.25) is 0 Å². The van der Waals surface area contributed by atoms with Gasteiger partial charge in [-0.25, -0.2) is 14.4 Å². The second-order valence-electron chi connectivity index (χ2n) is 4.72. The number of aromatic amines is 2. The average Bonchev–Trinajstić information content (AvgIpc) is 3.04. The molecule has 19 heavy (non-hydrogen) atoms. The molecule has 0 radical (unpaired) electrons. The number of rotatable bonds is 1. The topological polar surface area (TPSA) is 69.4 Å². The maximum Gasteiger partial charge on any atom is 0.151 e. The lowest BCUT2D eigenvalue weighted by molar-refractivity contribution is 0.471. The Kier molecular flexibility index (Phi) is 2.19. The second kappa shape index (κ2) is 3.89. The zero-order chi connectivity index (χ0) is 12.8. The van der Waals surface area contributed by atoms with Crippen molar-refractivity contribution in [2.24, 2.45) is 0 Å². The molecule has 1 aliphatic rings. The molecular weight excluding hydrogens is 245 g/mol. The smallest absolute Gasteiger partial charge is 0.151 e. The maximum absolute atomic E-state index is 13.6. The van der Waals surface area contributed by atoms with Gasteiger partial charge in [0.2, 0.25) is 0 Å². The Balaban J connectivity index is 1.74. The molecule has 1 unspecified atom stereocenters. The van der Waals surface area contributed by atoms with Crippen molar-refractivity contribution in [1.29, 1.82) is 0 Å². The lowest BCUT2D eigenvalue weighted by Crippen LogP contribution is -2.29. The quantitative estimate of drug-likeness (QED) is 0.622. The first-order chi connectivity index (χ1) is 9.31. The van der Waals surface area contributed by atoms with Crippen molar-refractivity contribution < 1.29 is 4.39 Å². The molecule has 0 bridgehead atoms. The molecule has 3 aromatic rings. The molecule has 1 aromatic carbocycles. The number of halogens is 1. The van der Waals surface area contributed by atoms with E-state index in [4.69, 9.17) is 0 Å². The van der Waals surface area contributed by atoms with Gasteiger partial charge in [0.25, 0.3) is 0 Å². The number of imidazole rings is 2. The Morgan fingerprint density at radius 3 is 3.16 bits per heavy atom. The molecule has 0 aliphatic carbocycles. The average molecular weight is 257 g/mol. The first-order valence-electron chi connectivity index (χ1n) is 6.20. The Morgan fingerprint density at radius 2 is 2.26 bits per heavy atom. The number of benzene rings is 1. The number of fused-ring (bicyclic) bond motifs is 2. The maximum atomic E-state index is 13.6. The number of aromatic nitrogens is 4. The summed E-state index contributed by atoms with van der Waals surface area (Å²) in [4.78, 5) is 14.9. The fourth-order valence-electron chi connectivity index (χ4n) is 2.54. The van der Waals surface area contributed by atoms with Crippen LogP contribution >= 0.6 is 0 Å². The zero-order valence-corrected chi connectivity index (χ0v) is 10.1. The van der Waals surface area contributed by atoms with Crippen molar-refractivity contribution in [1.82, 2.24) is 25.3 Å². The summed E-state index contributed by atoms with van der Waals surface area (Å²) in [5.74, 6) is 0.463. The summed E-state index contributed by atoms with van der Waals surface area (Å²) in [5, 5.41) is 3.37. The van der Waals surface area contributed by atoms with Gasteiger partial charge in [-0.05, 0) is 12.1 Å². The molecule has 3 N–H and O–H groups in total. The van der Waals surface area contributed by atoms with Crippen LogP contribution in [-0.2, 0) is 13.0 Å². The molecule has 96 valence electrons. The molecule has 5 nitrogen and oxygen atoms in total. The van der Waals surface area contributed by atoms with Gasteiger partial charge in [-0.1, -0.05) is 6.07 Å². The van der Waals surface area contributed by atoms with Gasteiger partial charge >= 0.3 is 0 Å². The fraction of sp³-hybridized carbons (Fsp3) is 0.231. The predicted octanol–water partition coefficient (Wildman–Crippen LogP) is 1.81. The van der Waals surface area contributed by atoms with Gasteiger partial charge < -0.3 is 15.3 Å². The highest BCUT2D eigenvalue weighted by molar-refractivity contribution is 5.75. The van der Waals surface area contributed by atoms with E-state index < -0.39 is 0 Å². The minimum absolute atomic E-state index is 0.0441. The number of nitrogens with one attached hydrogen (secondary N) is 3. The van der Waals surface area contributed by atoms with E-state index in [2.05, 4.69) is 25.3 Å². The SMILES string of the molecule is Fc1cccc2[nH]c(C3Cc4nc[nH]c4CN3)nc12. The first kappa shape index (κ1) is 10.7. The van der Waals surface area contributed by atoms with Crippen molar-refractivity contribution in [2.45, 2.75) is 19.0 Å². The van der Waals surface area contributed by atoms with E-state index >= 15 is 0 Å². The highest BCUT2D eigenvalue weighted by atomic mass is 19.1. The number of para-hydroxylation sites is 1. The molecule has 1 atom stereocenters. The van der Waals surface area contributed by atoms with E-state index in [1.807, 2.05) is 6.07 Å². The Labute approximate surface area is 108 Å². The van der Waals surface area contributed by atoms with Crippen LogP contribution in [0.1, 0.15) is 23.3 Å². The van der Waals surface area contributed by atoms with Gasteiger partial charge in [0.1, 0.15) is 11.3 Å².